The van der Waals surface area contributed by atoms with Gasteiger partial charge < -0.3 is 5.11 Å². The molecule has 11 heavy (non-hydrogen) atoms. The zero-order valence-corrected chi connectivity index (χ0v) is 7.10. The van der Waals surface area contributed by atoms with Gasteiger partial charge in [-0.15, -0.1) is 11.3 Å². The summed E-state index contributed by atoms with van der Waals surface area (Å²) < 4.78 is 0. The molecule has 0 aromatic carbocycles. The molecule has 1 aromatic rings. The lowest BCUT2D eigenvalue weighted by Gasteiger charge is -2.38. The van der Waals surface area contributed by atoms with Gasteiger partial charge in [-0.2, -0.15) is 0 Å². The van der Waals surface area contributed by atoms with Crippen molar-refractivity contribution in [1.82, 2.24) is 4.98 Å². The first-order valence-corrected chi connectivity index (χ1v) is 4.81. The SMILES string of the molecule is OCC1(c2cscn2)CCC1. The second-order valence-corrected chi connectivity index (χ2v) is 3.88. The molecule has 0 amide bonds. The number of aliphatic hydroxyl groups is 1. The minimum Gasteiger partial charge on any atom is -0.395 e. The van der Waals surface area contributed by atoms with Gasteiger partial charge in [-0.3, -0.25) is 0 Å². The van der Waals surface area contributed by atoms with Crippen molar-refractivity contribution in [3.05, 3.63) is 16.6 Å². The van der Waals surface area contributed by atoms with E-state index in [-0.39, 0.29) is 12.0 Å². The number of hydrogen-bond donors (Lipinski definition) is 1. The molecule has 3 heteroatoms. The zero-order chi connectivity index (χ0) is 7.73. The smallest absolute Gasteiger partial charge is 0.0794 e. The van der Waals surface area contributed by atoms with Gasteiger partial charge in [-0.25, -0.2) is 4.98 Å². The fraction of sp³-hybridized carbons (Fsp3) is 0.625. The van der Waals surface area contributed by atoms with E-state index in [1.807, 2.05) is 5.51 Å². The van der Waals surface area contributed by atoms with Gasteiger partial charge in [0.25, 0.3) is 0 Å². The summed E-state index contributed by atoms with van der Waals surface area (Å²) in [6.45, 7) is 0.261. The Morgan fingerprint density at radius 2 is 2.45 bits per heavy atom. The molecule has 1 saturated carbocycles. The lowest BCUT2D eigenvalue weighted by Crippen LogP contribution is -2.38. The average Bonchev–Trinajstić information content (AvgIpc) is 2.39. The Kier molecular flexibility index (Phi) is 1.69. The van der Waals surface area contributed by atoms with E-state index < -0.39 is 0 Å². The van der Waals surface area contributed by atoms with Gasteiger partial charge in [0.2, 0.25) is 0 Å². The number of aliphatic hydroxyl groups excluding tert-OH is 1. The molecule has 0 aliphatic heterocycles. The van der Waals surface area contributed by atoms with Gasteiger partial charge in [0.05, 0.1) is 17.8 Å². The Labute approximate surface area is 69.9 Å². The third kappa shape index (κ3) is 0.993. The molecule has 0 atom stereocenters. The van der Waals surface area contributed by atoms with Crippen LogP contribution in [0.3, 0.4) is 0 Å². The van der Waals surface area contributed by atoms with E-state index in [4.69, 9.17) is 0 Å². The summed E-state index contributed by atoms with van der Waals surface area (Å²) >= 11 is 1.61. The first kappa shape index (κ1) is 7.25. The van der Waals surface area contributed by atoms with Crippen LogP contribution in [-0.2, 0) is 5.41 Å². The Balaban J connectivity index is 2.25. The van der Waals surface area contributed by atoms with Crippen molar-refractivity contribution in [2.24, 2.45) is 0 Å². The van der Waals surface area contributed by atoms with Gasteiger partial charge in [0, 0.05) is 10.8 Å². The van der Waals surface area contributed by atoms with Crippen molar-refractivity contribution in [3.63, 3.8) is 0 Å². The van der Waals surface area contributed by atoms with Crippen molar-refractivity contribution in [3.8, 4) is 0 Å². The molecule has 1 N–H and O–H groups in total. The van der Waals surface area contributed by atoms with Gasteiger partial charge in [-0.1, -0.05) is 6.42 Å². The first-order valence-electron chi connectivity index (χ1n) is 3.87. The molecular weight excluding hydrogens is 158 g/mol. The quantitative estimate of drug-likeness (QED) is 0.728. The second kappa shape index (κ2) is 2.57. The standard InChI is InChI=1S/C8H11NOS/c10-5-8(2-1-3-8)7-4-11-6-9-7/h4,6,10H,1-3,5H2. The lowest BCUT2D eigenvalue weighted by atomic mass is 9.67. The molecule has 0 saturated heterocycles. The van der Waals surface area contributed by atoms with E-state index >= 15 is 0 Å². The Morgan fingerprint density at radius 3 is 2.82 bits per heavy atom. The number of hydrogen-bond acceptors (Lipinski definition) is 3. The van der Waals surface area contributed by atoms with Crippen LogP contribution < -0.4 is 0 Å². The van der Waals surface area contributed by atoms with E-state index in [2.05, 4.69) is 10.4 Å². The molecule has 60 valence electrons. The maximum absolute atomic E-state index is 9.17. The third-order valence-electron chi connectivity index (χ3n) is 2.59. The van der Waals surface area contributed by atoms with Crippen molar-refractivity contribution in [2.45, 2.75) is 24.7 Å². The summed E-state index contributed by atoms with van der Waals surface area (Å²) in [4.78, 5) is 4.24. The highest BCUT2D eigenvalue weighted by molar-refractivity contribution is 7.07. The summed E-state index contributed by atoms with van der Waals surface area (Å²) in [6.07, 6.45) is 3.44. The minimum atomic E-state index is 0.0417. The molecule has 1 aliphatic rings. The van der Waals surface area contributed by atoms with Crippen molar-refractivity contribution in [1.29, 1.82) is 0 Å². The van der Waals surface area contributed by atoms with Gasteiger partial charge >= 0.3 is 0 Å². The van der Waals surface area contributed by atoms with Gasteiger partial charge in [0.15, 0.2) is 0 Å². The first-order chi connectivity index (χ1) is 5.37. The predicted molar refractivity (Wildman–Crippen MR) is 44.7 cm³/mol. The van der Waals surface area contributed by atoms with Crippen LogP contribution in [0, 0.1) is 0 Å². The molecule has 2 rings (SSSR count). The molecule has 1 aliphatic carbocycles. The normalized spacial score (nSPS) is 21.2. The van der Waals surface area contributed by atoms with Crippen LogP contribution in [0.5, 0.6) is 0 Å². The number of aromatic nitrogens is 1. The molecule has 1 aromatic heterocycles. The molecule has 1 fully saturated rings. The molecule has 0 radical (unpaired) electrons. The highest BCUT2D eigenvalue weighted by Crippen LogP contribution is 2.42. The molecule has 1 heterocycles. The summed E-state index contributed by atoms with van der Waals surface area (Å²) in [6, 6.07) is 0. The van der Waals surface area contributed by atoms with Crippen LogP contribution in [0.25, 0.3) is 0 Å². The van der Waals surface area contributed by atoms with Crippen LogP contribution in [-0.4, -0.2) is 16.7 Å². The van der Waals surface area contributed by atoms with Crippen molar-refractivity contribution >= 4 is 11.3 Å². The maximum Gasteiger partial charge on any atom is 0.0794 e. The molecule has 0 bridgehead atoms. The molecule has 0 spiro atoms. The van der Waals surface area contributed by atoms with E-state index in [0.717, 1.165) is 18.5 Å². The monoisotopic (exact) mass is 169 g/mol. The Morgan fingerprint density at radius 1 is 1.64 bits per heavy atom. The maximum atomic E-state index is 9.17. The van der Waals surface area contributed by atoms with Crippen LogP contribution in [0.1, 0.15) is 25.0 Å². The Hall–Kier alpha value is -0.410. The van der Waals surface area contributed by atoms with Crippen LogP contribution >= 0.6 is 11.3 Å². The topological polar surface area (TPSA) is 33.1 Å². The zero-order valence-electron chi connectivity index (χ0n) is 6.29. The van der Waals surface area contributed by atoms with E-state index in [0.29, 0.717) is 0 Å². The number of thiazole rings is 1. The van der Waals surface area contributed by atoms with Gasteiger partial charge in [0.1, 0.15) is 0 Å². The summed E-state index contributed by atoms with van der Waals surface area (Å²) in [5, 5.41) is 11.2. The number of nitrogens with zero attached hydrogens (tertiary/aromatic N) is 1. The lowest BCUT2D eigenvalue weighted by molar-refractivity contribution is 0.117. The van der Waals surface area contributed by atoms with E-state index in [1.165, 1.54) is 6.42 Å². The van der Waals surface area contributed by atoms with Crippen molar-refractivity contribution in [2.75, 3.05) is 6.61 Å². The van der Waals surface area contributed by atoms with Gasteiger partial charge in [-0.05, 0) is 12.8 Å². The Bertz CT molecular complexity index is 223. The van der Waals surface area contributed by atoms with Crippen molar-refractivity contribution < 1.29 is 5.11 Å². The summed E-state index contributed by atoms with van der Waals surface area (Å²) in [5.74, 6) is 0. The largest absolute Gasteiger partial charge is 0.395 e. The number of rotatable bonds is 2. The third-order valence-corrected chi connectivity index (χ3v) is 3.18. The highest BCUT2D eigenvalue weighted by atomic mass is 32.1. The van der Waals surface area contributed by atoms with Crippen LogP contribution in [0.15, 0.2) is 10.9 Å². The molecule has 0 unspecified atom stereocenters. The van der Waals surface area contributed by atoms with Crippen LogP contribution in [0.2, 0.25) is 0 Å². The van der Waals surface area contributed by atoms with E-state index in [1.54, 1.807) is 11.3 Å². The molecule has 2 nitrogen and oxygen atoms in total. The highest BCUT2D eigenvalue weighted by Gasteiger charge is 2.39. The minimum absolute atomic E-state index is 0.0417. The molecular formula is C8H11NOS. The summed E-state index contributed by atoms with van der Waals surface area (Å²) in [5.41, 5.74) is 2.97. The van der Waals surface area contributed by atoms with E-state index in [9.17, 15) is 5.11 Å². The predicted octanol–water partition coefficient (Wildman–Crippen LogP) is 1.56. The fourth-order valence-corrected chi connectivity index (χ4v) is 2.25. The summed E-state index contributed by atoms with van der Waals surface area (Å²) in [7, 11) is 0. The van der Waals surface area contributed by atoms with Crippen LogP contribution in [0.4, 0.5) is 0 Å². The second-order valence-electron chi connectivity index (χ2n) is 3.17. The average molecular weight is 169 g/mol. The fourth-order valence-electron chi connectivity index (χ4n) is 1.57.